The molecule has 0 aliphatic carbocycles. The monoisotopic (exact) mass is 339 g/mol. The van der Waals surface area contributed by atoms with Crippen LogP contribution in [0, 0.1) is 5.41 Å². The molecule has 3 nitrogen and oxygen atoms in total. The molecule has 0 N–H and O–H groups in total. The molecular weight excluding hydrogens is 306 g/mol. The Hall–Kier alpha value is -0.870. The molecule has 0 saturated heterocycles. The minimum atomic E-state index is -3.50. The molecule has 0 atom stereocenters. The molecule has 132 valence electrons. The number of sulfonamides is 1. The van der Waals surface area contributed by atoms with Gasteiger partial charge in [-0.2, -0.15) is 0 Å². The first-order valence-corrected chi connectivity index (χ1v) is 9.71. The van der Waals surface area contributed by atoms with Gasteiger partial charge in [-0.3, -0.25) is 0 Å². The maximum absolute atomic E-state index is 13.1. The summed E-state index contributed by atoms with van der Waals surface area (Å²) in [6.45, 7) is 17.1. The van der Waals surface area contributed by atoms with Crippen molar-refractivity contribution in [1.82, 2.24) is 4.31 Å². The van der Waals surface area contributed by atoms with E-state index in [9.17, 15) is 8.42 Å². The van der Waals surface area contributed by atoms with E-state index in [1.807, 2.05) is 26.8 Å². The number of rotatable bonds is 4. The van der Waals surface area contributed by atoms with Crippen LogP contribution in [0.3, 0.4) is 0 Å². The van der Waals surface area contributed by atoms with Gasteiger partial charge in [-0.1, -0.05) is 67.5 Å². The van der Waals surface area contributed by atoms with Gasteiger partial charge in [-0.15, -0.1) is 0 Å². The summed E-state index contributed by atoms with van der Waals surface area (Å²) in [4.78, 5) is 0.432. The van der Waals surface area contributed by atoms with Crippen LogP contribution in [0.25, 0.3) is 0 Å². The summed E-state index contributed by atoms with van der Waals surface area (Å²) in [5, 5.41) is 0. The molecule has 0 unspecified atom stereocenters. The van der Waals surface area contributed by atoms with Crippen molar-refractivity contribution in [1.29, 1.82) is 0 Å². The largest absolute Gasteiger partial charge is 0.243 e. The Labute approximate surface area is 143 Å². The molecule has 0 aromatic heterocycles. The van der Waals surface area contributed by atoms with Crippen molar-refractivity contribution in [3.05, 3.63) is 29.3 Å². The van der Waals surface area contributed by atoms with Gasteiger partial charge < -0.3 is 0 Å². The third-order valence-corrected chi connectivity index (χ3v) is 5.73. The lowest BCUT2D eigenvalue weighted by molar-refractivity contribution is 0.310. The minimum Gasteiger partial charge on any atom is -0.207 e. The van der Waals surface area contributed by atoms with Gasteiger partial charge in [0.2, 0.25) is 10.0 Å². The van der Waals surface area contributed by atoms with Crippen molar-refractivity contribution in [3.63, 3.8) is 0 Å². The third kappa shape index (κ3) is 5.05. The molecule has 1 rings (SSSR count). The Bertz CT molecular complexity index is 647. The lowest BCUT2D eigenvalue weighted by atomic mass is 9.85. The normalized spacial score (nSPS) is 13.9. The van der Waals surface area contributed by atoms with Crippen LogP contribution in [-0.4, -0.2) is 26.3 Å². The van der Waals surface area contributed by atoms with E-state index in [1.165, 1.54) is 9.87 Å². The smallest absolute Gasteiger partial charge is 0.207 e. The minimum absolute atomic E-state index is 0.0818. The van der Waals surface area contributed by atoms with Gasteiger partial charge in [-0.25, -0.2) is 12.7 Å². The van der Waals surface area contributed by atoms with Gasteiger partial charge in [-0.05, 0) is 33.9 Å². The fourth-order valence-electron chi connectivity index (χ4n) is 2.64. The van der Waals surface area contributed by atoms with Crippen LogP contribution >= 0.6 is 0 Å². The lowest BCUT2D eigenvalue weighted by Gasteiger charge is -2.29. The van der Waals surface area contributed by atoms with Crippen LogP contribution in [0.5, 0.6) is 0 Å². The highest BCUT2D eigenvalue weighted by Crippen LogP contribution is 2.33. The average Bonchev–Trinajstić information content (AvgIpc) is 2.34. The molecule has 0 spiro atoms. The number of hydrogen-bond acceptors (Lipinski definition) is 2. The molecule has 1 aromatic carbocycles. The first kappa shape index (κ1) is 20.2. The molecule has 0 saturated carbocycles. The van der Waals surface area contributed by atoms with Crippen molar-refractivity contribution in [2.75, 3.05) is 13.6 Å². The van der Waals surface area contributed by atoms with E-state index in [4.69, 9.17) is 0 Å². The topological polar surface area (TPSA) is 37.4 Å². The van der Waals surface area contributed by atoms with Gasteiger partial charge in [0.25, 0.3) is 0 Å². The molecule has 0 aliphatic rings. The third-order valence-electron chi connectivity index (χ3n) is 3.86. The molecule has 0 bridgehead atoms. The van der Waals surface area contributed by atoms with E-state index < -0.39 is 10.0 Å². The van der Waals surface area contributed by atoms with Gasteiger partial charge in [0.05, 0.1) is 4.90 Å². The molecule has 0 radical (unpaired) electrons. The Morgan fingerprint density at radius 3 is 1.96 bits per heavy atom. The van der Waals surface area contributed by atoms with Crippen LogP contribution in [-0.2, 0) is 15.4 Å². The van der Waals surface area contributed by atoms with Gasteiger partial charge in [0.1, 0.15) is 0 Å². The predicted molar refractivity (Wildman–Crippen MR) is 98.5 cm³/mol. The standard InChI is InChI=1S/C19H33NO2S/c1-14(2)15-10-11-17(16(12-15)19(6,7)8)23(21,22)20(9)13-18(3,4)5/h10-12,14H,13H2,1-9H3. The highest BCUT2D eigenvalue weighted by atomic mass is 32.2. The zero-order chi connectivity index (χ0) is 18.2. The molecule has 0 fully saturated rings. The van der Waals surface area contributed by atoms with Crippen molar-refractivity contribution in [3.8, 4) is 0 Å². The highest BCUT2D eigenvalue weighted by Gasteiger charge is 2.31. The van der Waals surface area contributed by atoms with E-state index in [1.54, 1.807) is 13.1 Å². The van der Waals surface area contributed by atoms with Gasteiger partial charge in [0.15, 0.2) is 0 Å². The molecule has 0 heterocycles. The molecular formula is C19H33NO2S. The number of hydrogen-bond donors (Lipinski definition) is 0. The van der Waals surface area contributed by atoms with E-state index in [0.717, 1.165) is 5.56 Å². The molecule has 0 amide bonds. The van der Waals surface area contributed by atoms with Crippen molar-refractivity contribution < 1.29 is 8.42 Å². The summed E-state index contributed by atoms with van der Waals surface area (Å²) in [5.74, 6) is 0.375. The average molecular weight is 340 g/mol. The summed E-state index contributed by atoms with van der Waals surface area (Å²) in [6.07, 6.45) is 0. The Kier molecular flexibility index (Phi) is 5.75. The first-order chi connectivity index (χ1) is 10.2. The molecule has 4 heteroatoms. The first-order valence-electron chi connectivity index (χ1n) is 8.27. The summed E-state index contributed by atoms with van der Waals surface area (Å²) >= 11 is 0. The van der Waals surface area contributed by atoms with Crippen LogP contribution in [0.15, 0.2) is 23.1 Å². The van der Waals surface area contributed by atoms with Crippen LogP contribution < -0.4 is 0 Å². The van der Waals surface area contributed by atoms with Gasteiger partial charge in [0, 0.05) is 13.6 Å². The maximum Gasteiger partial charge on any atom is 0.243 e. The highest BCUT2D eigenvalue weighted by molar-refractivity contribution is 7.89. The summed E-state index contributed by atoms with van der Waals surface area (Å²) < 4.78 is 27.6. The maximum atomic E-state index is 13.1. The molecule has 23 heavy (non-hydrogen) atoms. The van der Waals surface area contributed by atoms with Crippen LogP contribution in [0.1, 0.15) is 72.4 Å². The summed E-state index contributed by atoms with van der Waals surface area (Å²) in [7, 11) is -1.83. The molecule has 1 aromatic rings. The Morgan fingerprint density at radius 2 is 1.57 bits per heavy atom. The SMILES string of the molecule is CC(C)c1ccc(S(=O)(=O)N(C)CC(C)(C)C)c(C(C)(C)C)c1. The van der Waals surface area contributed by atoms with Crippen molar-refractivity contribution in [2.24, 2.45) is 5.41 Å². The lowest BCUT2D eigenvalue weighted by Crippen LogP contribution is -2.35. The Balaban J connectivity index is 3.47. The van der Waals surface area contributed by atoms with E-state index in [0.29, 0.717) is 17.4 Å². The fraction of sp³-hybridized carbons (Fsp3) is 0.684. The summed E-state index contributed by atoms with van der Waals surface area (Å²) in [6, 6.07) is 5.78. The summed E-state index contributed by atoms with van der Waals surface area (Å²) in [5.41, 5.74) is 1.76. The van der Waals surface area contributed by atoms with Crippen molar-refractivity contribution in [2.45, 2.75) is 71.6 Å². The van der Waals surface area contributed by atoms with Gasteiger partial charge >= 0.3 is 0 Å². The number of benzene rings is 1. The van der Waals surface area contributed by atoms with Crippen LogP contribution in [0.2, 0.25) is 0 Å². The fourth-order valence-corrected chi connectivity index (χ4v) is 4.41. The van der Waals surface area contributed by atoms with E-state index >= 15 is 0 Å². The zero-order valence-electron chi connectivity index (χ0n) is 16.2. The second-order valence-electron chi connectivity index (χ2n) is 8.98. The van der Waals surface area contributed by atoms with E-state index in [2.05, 4.69) is 40.7 Å². The quantitative estimate of drug-likeness (QED) is 0.792. The Morgan fingerprint density at radius 1 is 1.04 bits per heavy atom. The zero-order valence-corrected chi connectivity index (χ0v) is 17.0. The predicted octanol–water partition coefficient (Wildman–Crippen LogP) is 4.77. The second kappa shape index (κ2) is 6.56. The van der Waals surface area contributed by atoms with Crippen LogP contribution in [0.4, 0.5) is 0 Å². The second-order valence-corrected chi connectivity index (χ2v) is 11.0. The molecule has 0 aliphatic heterocycles. The number of nitrogens with zero attached hydrogens (tertiary/aromatic N) is 1. The van der Waals surface area contributed by atoms with E-state index in [-0.39, 0.29) is 10.8 Å². The van der Waals surface area contributed by atoms with Crippen molar-refractivity contribution >= 4 is 10.0 Å².